The van der Waals surface area contributed by atoms with Gasteiger partial charge in [-0.15, -0.1) is 0 Å². The second-order valence-electron chi connectivity index (χ2n) is 2.27. The van der Waals surface area contributed by atoms with Crippen molar-refractivity contribution in [2.45, 2.75) is 25.0 Å². The van der Waals surface area contributed by atoms with E-state index < -0.39 is 6.10 Å². The van der Waals surface area contributed by atoms with Crippen LogP contribution in [-0.2, 0) is 0 Å². The summed E-state index contributed by atoms with van der Waals surface area (Å²) in [5.74, 6) is 0. The van der Waals surface area contributed by atoms with Crippen LogP contribution in [0, 0.1) is 0 Å². The second kappa shape index (κ2) is 1.88. The van der Waals surface area contributed by atoms with Gasteiger partial charge in [0.1, 0.15) is 0 Å². The van der Waals surface area contributed by atoms with E-state index >= 15 is 0 Å². The highest BCUT2D eigenvalue weighted by atomic mass is 16.3. The highest BCUT2D eigenvalue weighted by Gasteiger charge is 2.23. The largest absolute Gasteiger partial charge is 0.393 e. The Morgan fingerprint density at radius 1 is 1.50 bits per heavy atom. The van der Waals surface area contributed by atoms with E-state index in [-0.39, 0.29) is 6.10 Å². The van der Waals surface area contributed by atoms with Gasteiger partial charge in [0, 0.05) is 6.42 Å². The molecule has 0 saturated heterocycles. The fraction of sp³-hybridized carbons (Fsp3) is 0.667. The molecule has 1 rings (SSSR count). The summed E-state index contributed by atoms with van der Waals surface area (Å²) in [6.45, 7) is 3.58. The van der Waals surface area contributed by atoms with Crippen molar-refractivity contribution in [3.8, 4) is 0 Å². The zero-order valence-electron chi connectivity index (χ0n) is 4.67. The Labute approximate surface area is 48.5 Å². The van der Waals surface area contributed by atoms with Crippen molar-refractivity contribution < 1.29 is 10.2 Å². The lowest BCUT2D eigenvalue weighted by Crippen LogP contribution is -2.03. The van der Waals surface area contributed by atoms with E-state index in [1.54, 1.807) is 0 Å². The van der Waals surface area contributed by atoms with Crippen molar-refractivity contribution in [2.75, 3.05) is 0 Å². The van der Waals surface area contributed by atoms with E-state index in [4.69, 9.17) is 10.2 Å². The molecule has 1 aliphatic rings. The van der Waals surface area contributed by atoms with Gasteiger partial charge in [-0.1, -0.05) is 6.58 Å². The summed E-state index contributed by atoms with van der Waals surface area (Å²) in [6, 6.07) is 0. The van der Waals surface area contributed by atoms with Crippen LogP contribution in [-0.4, -0.2) is 22.4 Å². The maximum absolute atomic E-state index is 8.91. The standard InChI is InChI=1S/C6H10O2/c1-4-2-5(7)3-6(4)8/h5-8H,1-3H2. The van der Waals surface area contributed by atoms with Crippen LogP contribution >= 0.6 is 0 Å². The average molecular weight is 114 g/mol. The summed E-state index contributed by atoms with van der Waals surface area (Å²) in [5.41, 5.74) is 0.762. The molecule has 2 nitrogen and oxygen atoms in total. The minimum atomic E-state index is -0.454. The maximum Gasteiger partial charge on any atom is 0.0773 e. The van der Waals surface area contributed by atoms with Gasteiger partial charge in [0.05, 0.1) is 12.2 Å². The summed E-state index contributed by atoms with van der Waals surface area (Å²) in [6.07, 6.45) is 0.238. The van der Waals surface area contributed by atoms with Crippen LogP contribution in [0.3, 0.4) is 0 Å². The van der Waals surface area contributed by atoms with Crippen LogP contribution in [0.1, 0.15) is 12.8 Å². The van der Waals surface area contributed by atoms with Crippen molar-refractivity contribution in [1.82, 2.24) is 0 Å². The minimum Gasteiger partial charge on any atom is -0.393 e. The number of aliphatic hydroxyl groups is 2. The SMILES string of the molecule is C=C1CC(O)CC1O. The predicted molar refractivity (Wildman–Crippen MR) is 30.4 cm³/mol. The molecule has 0 spiro atoms. The Kier molecular flexibility index (Phi) is 1.36. The van der Waals surface area contributed by atoms with Crippen LogP contribution < -0.4 is 0 Å². The summed E-state index contributed by atoms with van der Waals surface area (Å²) in [4.78, 5) is 0. The Balaban J connectivity index is 2.51. The number of aliphatic hydroxyl groups excluding tert-OH is 2. The smallest absolute Gasteiger partial charge is 0.0773 e. The molecule has 2 unspecified atom stereocenters. The summed E-state index contributed by atoms with van der Waals surface area (Å²) in [7, 11) is 0. The third kappa shape index (κ3) is 0.904. The van der Waals surface area contributed by atoms with Gasteiger partial charge in [-0.05, 0) is 12.0 Å². The zero-order chi connectivity index (χ0) is 6.15. The normalized spacial score (nSPS) is 38.5. The first-order valence-electron chi connectivity index (χ1n) is 2.74. The second-order valence-corrected chi connectivity index (χ2v) is 2.27. The molecule has 0 radical (unpaired) electrons. The molecule has 0 aromatic heterocycles. The van der Waals surface area contributed by atoms with Gasteiger partial charge in [0.25, 0.3) is 0 Å². The van der Waals surface area contributed by atoms with Crippen LogP contribution in [0.5, 0.6) is 0 Å². The molecule has 0 heterocycles. The van der Waals surface area contributed by atoms with Crippen LogP contribution in [0.25, 0.3) is 0 Å². The molecule has 0 aliphatic heterocycles. The first kappa shape index (κ1) is 5.79. The van der Waals surface area contributed by atoms with E-state index in [2.05, 4.69) is 6.58 Å². The first-order valence-corrected chi connectivity index (χ1v) is 2.74. The Morgan fingerprint density at radius 3 is 2.25 bits per heavy atom. The van der Waals surface area contributed by atoms with E-state index in [0.717, 1.165) is 5.57 Å². The fourth-order valence-electron chi connectivity index (χ4n) is 0.946. The lowest BCUT2D eigenvalue weighted by molar-refractivity contribution is 0.142. The van der Waals surface area contributed by atoms with Gasteiger partial charge >= 0.3 is 0 Å². The summed E-state index contributed by atoms with van der Waals surface area (Å²) < 4.78 is 0. The fourth-order valence-corrected chi connectivity index (χ4v) is 0.946. The van der Waals surface area contributed by atoms with Crippen LogP contribution in [0.4, 0.5) is 0 Å². The summed E-state index contributed by atoms with van der Waals surface area (Å²) in [5, 5.41) is 17.8. The van der Waals surface area contributed by atoms with Gasteiger partial charge in [-0.25, -0.2) is 0 Å². The monoisotopic (exact) mass is 114 g/mol. The molecule has 46 valence electrons. The van der Waals surface area contributed by atoms with E-state index in [1.165, 1.54) is 0 Å². The lowest BCUT2D eigenvalue weighted by atomic mass is 10.2. The van der Waals surface area contributed by atoms with Crippen molar-refractivity contribution in [2.24, 2.45) is 0 Å². The van der Waals surface area contributed by atoms with Crippen LogP contribution in [0.15, 0.2) is 12.2 Å². The quantitative estimate of drug-likeness (QED) is 0.437. The molecule has 1 fully saturated rings. The highest BCUT2D eigenvalue weighted by Crippen LogP contribution is 2.22. The Morgan fingerprint density at radius 2 is 2.12 bits per heavy atom. The van der Waals surface area contributed by atoms with Crippen molar-refractivity contribution in [3.05, 3.63) is 12.2 Å². The van der Waals surface area contributed by atoms with Crippen molar-refractivity contribution in [1.29, 1.82) is 0 Å². The average Bonchev–Trinajstić information content (AvgIpc) is 1.85. The lowest BCUT2D eigenvalue weighted by Gasteiger charge is -1.96. The van der Waals surface area contributed by atoms with Gasteiger partial charge in [-0.3, -0.25) is 0 Å². The molecule has 2 N–H and O–H groups in total. The predicted octanol–water partition coefficient (Wildman–Crippen LogP) is 0.0582. The number of rotatable bonds is 0. The third-order valence-corrected chi connectivity index (χ3v) is 1.46. The zero-order valence-corrected chi connectivity index (χ0v) is 4.67. The van der Waals surface area contributed by atoms with Crippen molar-refractivity contribution >= 4 is 0 Å². The van der Waals surface area contributed by atoms with Gasteiger partial charge in [-0.2, -0.15) is 0 Å². The molecule has 1 saturated carbocycles. The topological polar surface area (TPSA) is 40.5 Å². The molecule has 8 heavy (non-hydrogen) atoms. The first-order chi connectivity index (χ1) is 3.70. The summed E-state index contributed by atoms with van der Waals surface area (Å²) >= 11 is 0. The molecular weight excluding hydrogens is 104 g/mol. The van der Waals surface area contributed by atoms with E-state index in [0.29, 0.717) is 12.8 Å². The Hall–Kier alpha value is -0.340. The van der Waals surface area contributed by atoms with E-state index in [1.807, 2.05) is 0 Å². The number of hydrogen-bond donors (Lipinski definition) is 2. The molecule has 2 heteroatoms. The maximum atomic E-state index is 8.91. The molecular formula is C6H10O2. The third-order valence-electron chi connectivity index (χ3n) is 1.46. The molecule has 2 atom stereocenters. The van der Waals surface area contributed by atoms with E-state index in [9.17, 15) is 0 Å². The molecule has 1 aliphatic carbocycles. The minimum absolute atomic E-state index is 0.350. The Bertz CT molecular complexity index is 109. The highest BCUT2D eigenvalue weighted by molar-refractivity contribution is 5.09. The van der Waals surface area contributed by atoms with Gasteiger partial charge in [0.15, 0.2) is 0 Å². The molecule has 0 aromatic carbocycles. The molecule has 0 amide bonds. The van der Waals surface area contributed by atoms with Gasteiger partial charge in [0.2, 0.25) is 0 Å². The molecule has 0 bridgehead atoms. The van der Waals surface area contributed by atoms with Crippen LogP contribution in [0.2, 0.25) is 0 Å². The molecule has 0 aromatic rings. The number of hydrogen-bond acceptors (Lipinski definition) is 2. The van der Waals surface area contributed by atoms with Gasteiger partial charge < -0.3 is 10.2 Å². The van der Waals surface area contributed by atoms with Crippen molar-refractivity contribution in [3.63, 3.8) is 0 Å².